The van der Waals surface area contributed by atoms with Crippen molar-refractivity contribution in [3.63, 3.8) is 0 Å². The normalized spacial score (nSPS) is 24.3. The Morgan fingerprint density at radius 1 is 1.06 bits per heavy atom. The summed E-state index contributed by atoms with van der Waals surface area (Å²) in [7, 11) is 1.08. The SMILES string of the molecule is CC[C@]1(O)C[C@@H](O)c2c(O)c3c(c(O)c2[C@H]1C(=O)OC)C(=O)c1cccc(O)c1C3=O. The minimum atomic E-state index is -1.84. The highest BCUT2D eigenvalue weighted by Gasteiger charge is 2.53. The molecule has 0 saturated heterocycles. The number of ether oxygens (including phenoxy) is 1. The van der Waals surface area contributed by atoms with E-state index in [0.717, 1.165) is 7.11 Å². The number of carbonyl (C=O) groups is 3. The monoisotopic (exact) mass is 428 g/mol. The van der Waals surface area contributed by atoms with Crippen molar-refractivity contribution in [3.8, 4) is 17.2 Å². The Kier molecular flexibility index (Phi) is 4.56. The van der Waals surface area contributed by atoms with Crippen LogP contribution in [0.4, 0.5) is 0 Å². The molecule has 3 atom stereocenters. The summed E-state index contributed by atoms with van der Waals surface area (Å²) in [6, 6.07) is 3.83. The predicted octanol–water partition coefficient (Wildman–Crippen LogP) is 1.41. The van der Waals surface area contributed by atoms with Crippen molar-refractivity contribution in [1.29, 1.82) is 0 Å². The lowest BCUT2D eigenvalue weighted by Gasteiger charge is -2.42. The summed E-state index contributed by atoms with van der Waals surface area (Å²) in [6.45, 7) is 1.57. The Balaban J connectivity index is 2.11. The molecule has 2 aromatic carbocycles. The maximum absolute atomic E-state index is 13.1. The molecule has 5 N–H and O–H groups in total. The fourth-order valence-corrected chi connectivity index (χ4v) is 4.69. The smallest absolute Gasteiger partial charge is 0.316 e. The lowest BCUT2D eigenvalue weighted by molar-refractivity contribution is -0.153. The zero-order valence-corrected chi connectivity index (χ0v) is 16.7. The van der Waals surface area contributed by atoms with Crippen molar-refractivity contribution < 1.29 is 44.7 Å². The summed E-state index contributed by atoms with van der Waals surface area (Å²) < 4.78 is 4.78. The van der Waals surface area contributed by atoms with E-state index in [1.165, 1.54) is 18.2 Å². The summed E-state index contributed by atoms with van der Waals surface area (Å²) in [5, 5.41) is 53.8. The van der Waals surface area contributed by atoms with E-state index in [-0.39, 0.29) is 35.1 Å². The fraction of sp³-hybridized carbons (Fsp3) is 0.318. The van der Waals surface area contributed by atoms with Gasteiger partial charge in [-0.1, -0.05) is 19.1 Å². The number of aromatic hydroxyl groups is 3. The van der Waals surface area contributed by atoms with Gasteiger partial charge in [-0.3, -0.25) is 14.4 Å². The first kappa shape index (κ1) is 20.8. The number of fused-ring (bicyclic) bond motifs is 3. The van der Waals surface area contributed by atoms with Crippen molar-refractivity contribution in [2.45, 2.75) is 37.4 Å². The topological polar surface area (TPSA) is 162 Å². The fourth-order valence-electron chi connectivity index (χ4n) is 4.69. The molecule has 0 bridgehead atoms. The first-order valence-corrected chi connectivity index (χ1v) is 9.60. The van der Waals surface area contributed by atoms with Crippen LogP contribution in [0.15, 0.2) is 18.2 Å². The number of rotatable bonds is 2. The molecule has 2 aliphatic carbocycles. The zero-order valence-electron chi connectivity index (χ0n) is 16.7. The summed E-state index contributed by atoms with van der Waals surface area (Å²) in [5.74, 6) is -6.33. The molecule has 0 saturated carbocycles. The van der Waals surface area contributed by atoms with Gasteiger partial charge in [0.25, 0.3) is 0 Å². The van der Waals surface area contributed by atoms with Crippen LogP contribution in [0, 0.1) is 0 Å². The van der Waals surface area contributed by atoms with Crippen molar-refractivity contribution >= 4 is 17.5 Å². The van der Waals surface area contributed by atoms with E-state index in [0.29, 0.717) is 0 Å². The molecule has 0 aromatic heterocycles. The van der Waals surface area contributed by atoms with Gasteiger partial charge in [0.15, 0.2) is 5.78 Å². The van der Waals surface area contributed by atoms with Gasteiger partial charge in [0.05, 0.1) is 35.5 Å². The number of methoxy groups -OCH3 is 1. The van der Waals surface area contributed by atoms with Gasteiger partial charge in [-0.05, 0) is 12.5 Å². The summed E-state index contributed by atoms with van der Waals surface area (Å²) in [4.78, 5) is 38.8. The van der Waals surface area contributed by atoms with Crippen LogP contribution >= 0.6 is 0 Å². The van der Waals surface area contributed by atoms with Crippen molar-refractivity contribution in [3.05, 3.63) is 51.6 Å². The van der Waals surface area contributed by atoms with Crippen LogP contribution in [-0.4, -0.2) is 55.8 Å². The summed E-state index contributed by atoms with van der Waals surface area (Å²) >= 11 is 0. The van der Waals surface area contributed by atoms with Crippen LogP contribution in [-0.2, 0) is 9.53 Å². The van der Waals surface area contributed by atoms with Gasteiger partial charge in [0.2, 0.25) is 5.78 Å². The molecule has 0 unspecified atom stereocenters. The van der Waals surface area contributed by atoms with Gasteiger partial charge in [0, 0.05) is 23.1 Å². The quantitative estimate of drug-likeness (QED) is 0.300. The molecule has 9 heteroatoms. The van der Waals surface area contributed by atoms with Crippen LogP contribution < -0.4 is 0 Å². The maximum Gasteiger partial charge on any atom is 0.316 e. The highest BCUT2D eigenvalue weighted by atomic mass is 16.5. The minimum Gasteiger partial charge on any atom is -0.507 e. The number of phenolic OH excluding ortho intramolecular Hbond substituents is 3. The molecule has 4 rings (SSSR count). The van der Waals surface area contributed by atoms with E-state index >= 15 is 0 Å². The third-order valence-corrected chi connectivity index (χ3v) is 6.25. The van der Waals surface area contributed by atoms with E-state index in [2.05, 4.69) is 0 Å². The van der Waals surface area contributed by atoms with E-state index in [1.807, 2.05) is 0 Å². The number of ketones is 2. The van der Waals surface area contributed by atoms with E-state index in [9.17, 15) is 39.9 Å². The molecule has 0 radical (unpaired) electrons. The number of carbonyl (C=O) groups excluding carboxylic acids is 3. The second-order valence-corrected chi connectivity index (χ2v) is 7.77. The Labute approximate surface area is 176 Å². The molecule has 0 aliphatic heterocycles. The van der Waals surface area contributed by atoms with Crippen LogP contribution in [0.3, 0.4) is 0 Å². The van der Waals surface area contributed by atoms with Gasteiger partial charge < -0.3 is 30.3 Å². The van der Waals surface area contributed by atoms with Gasteiger partial charge in [-0.25, -0.2) is 0 Å². The molecule has 2 aromatic rings. The first-order chi connectivity index (χ1) is 14.6. The molecule has 162 valence electrons. The molecule has 0 spiro atoms. The lowest BCUT2D eigenvalue weighted by Crippen LogP contribution is -2.46. The number of hydrogen-bond donors (Lipinski definition) is 5. The van der Waals surface area contributed by atoms with E-state index in [4.69, 9.17) is 4.74 Å². The average Bonchev–Trinajstić information content (AvgIpc) is 2.73. The van der Waals surface area contributed by atoms with Gasteiger partial charge in [0.1, 0.15) is 23.2 Å². The number of aliphatic hydroxyl groups is 2. The van der Waals surface area contributed by atoms with Gasteiger partial charge in [-0.15, -0.1) is 0 Å². The minimum absolute atomic E-state index is 0.00979. The first-order valence-electron chi connectivity index (χ1n) is 9.60. The standard InChI is InChI=1S/C22H20O9/c1-3-22(30)7-10(24)12-13(16(22)21(29)31-2)20(28)14-15(19(12)27)18(26)11-8(17(14)25)5-4-6-9(11)23/h4-6,10,16,23-24,27-28,30H,3,7H2,1-2H3/t10-,16+,22+/m1/s1. The Bertz CT molecular complexity index is 1170. The number of benzene rings is 2. The Morgan fingerprint density at radius 3 is 2.29 bits per heavy atom. The molecular weight excluding hydrogens is 408 g/mol. The van der Waals surface area contributed by atoms with Crippen molar-refractivity contribution in [2.75, 3.05) is 7.11 Å². The molecular formula is C22H20O9. The summed E-state index contributed by atoms with van der Waals surface area (Å²) in [6.07, 6.45) is -1.94. The van der Waals surface area contributed by atoms with E-state index in [1.54, 1.807) is 6.92 Å². The average molecular weight is 428 g/mol. The molecule has 9 nitrogen and oxygen atoms in total. The Hall–Kier alpha value is -3.43. The number of phenols is 3. The van der Waals surface area contributed by atoms with Gasteiger partial charge in [-0.2, -0.15) is 0 Å². The number of hydrogen-bond acceptors (Lipinski definition) is 9. The van der Waals surface area contributed by atoms with Crippen molar-refractivity contribution in [2.24, 2.45) is 0 Å². The zero-order chi connectivity index (χ0) is 22.8. The van der Waals surface area contributed by atoms with Crippen LogP contribution in [0.5, 0.6) is 17.2 Å². The van der Waals surface area contributed by atoms with E-state index < -0.39 is 63.5 Å². The third kappa shape index (κ3) is 2.60. The molecule has 0 heterocycles. The molecule has 0 fully saturated rings. The number of esters is 1. The highest BCUT2D eigenvalue weighted by molar-refractivity contribution is 6.31. The number of aliphatic hydroxyl groups excluding tert-OH is 1. The Morgan fingerprint density at radius 2 is 1.68 bits per heavy atom. The van der Waals surface area contributed by atoms with Crippen LogP contribution in [0.1, 0.15) is 74.8 Å². The highest BCUT2D eigenvalue weighted by Crippen LogP contribution is 2.56. The second kappa shape index (κ2) is 6.79. The molecule has 31 heavy (non-hydrogen) atoms. The van der Waals surface area contributed by atoms with Crippen LogP contribution in [0.25, 0.3) is 0 Å². The molecule has 0 amide bonds. The second-order valence-electron chi connectivity index (χ2n) is 7.77. The third-order valence-electron chi connectivity index (χ3n) is 6.25. The molecule has 2 aliphatic rings. The van der Waals surface area contributed by atoms with Crippen molar-refractivity contribution in [1.82, 2.24) is 0 Å². The largest absolute Gasteiger partial charge is 0.507 e. The van der Waals surface area contributed by atoms with Gasteiger partial charge >= 0.3 is 5.97 Å². The predicted molar refractivity (Wildman–Crippen MR) is 104 cm³/mol. The van der Waals surface area contributed by atoms with Crippen LogP contribution in [0.2, 0.25) is 0 Å². The maximum atomic E-state index is 13.1. The summed E-state index contributed by atoms with van der Waals surface area (Å²) in [5.41, 5.74) is -4.23. The lowest BCUT2D eigenvalue weighted by atomic mass is 9.66.